The van der Waals surface area contributed by atoms with Gasteiger partial charge in [0.2, 0.25) is 0 Å². The third-order valence-corrected chi connectivity index (χ3v) is 3.15. The van der Waals surface area contributed by atoms with Crippen LogP contribution in [-0.4, -0.2) is 18.4 Å². The van der Waals surface area contributed by atoms with Crippen LogP contribution in [0.3, 0.4) is 0 Å². The molecule has 1 N–H and O–H groups in total. The van der Waals surface area contributed by atoms with E-state index in [0.717, 1.165) is 6.07 Å². The molecule has 0 aliphatic heterocycles. The lowest BCUT2D eigenvalue weighted by Gasteiger charge is -2.22. The number of halogens is 4. The van der Waals surface area contributed by atoms with Crippen molar-refractivity contribution in [3.05, 3.63) is 35.4 Å². The summed E-state index contributed by atoms with van der Waals surface area (Å²) in [5.74, 6) is -0.523. The average molecular weight is 308 g/mol. The van der Waals surface area contributed by atoms with Crippen molar-refractivity contribution in [2.75, 3.05) is 12.5 Å². The molecule has 1 aromatic rings. The Balaban J connectivity index is 3.16. The Morgan fingerprint density at radius 3 is 2.55 bits per heavy atom. The standard InChI is InChI=1S/C14H17ClF3NO/c1-2-20-13(19)11(7-5-9-15)10-6-3-4-8-12(10)14(16,17)18/h3-4,6,8,11,19H,2,5,7,9H2,1H3/t11-/m0/s1. The molecule has 2 nitrogen and oxygen atoms in total. The van der Waals surface area contributed by atoms with Crippen molar-refractivity contribution in [1.29, 1.82) is 5.41 Å². The third-order valence-electron chi connectivity index (χ3n) is 2.88. The van der Waals surface area contributed by atoms with Gasteiger partial charge in [-0.25, -0.2) is 0 Å². The molecule has 112 valence electrons. The maximum Gasteiger partial charge on any atom is 0.416 e. The Labute approximate surface area is 121 Å². The van der Waals surface area contributed by atoms with E-state index in [4.69, 9.17) is 21.7 Å². The summed E-state index contributed by atoms with van der Waals surface area (Å²) >= 11 is 5.61. The second-order valence-corrected chi connectivity index (χ2v) is 4.64. The molecule has 1 atom stereocenters. The maximum absolute atomic E-state index is 13.0. The van der Waals surface area contributed by atoms with Gasteiger partial charge in [-0.05, 0) is 31.4 Å². The van der Waals surface area contributed by atoms with Crippen molar-refractivity contribution in [2.45, 2.75) is 31.9 Å². The number of ether oxygens (including phenoxy) is 1. The van der Waals surface area contributed by atoms with Crippen molar-refractivity contribution < 1.29 is 17.9 Å². The average Bonchev–Trinajstić information content (AvgIpc) is 2.39. The molecule has 0 fully saturated rings. The van der Waals surface area contributed by atoms with Crippen LogP contribution >= 0.6 is 11.6 Å². The molecular formula is C14H17ClF3NO. The predicted molar refractivity (Wildman–Crippen MR) is 73.5 cm³/mol. The summed E-state index contributed by atoms with van der Waals surface area (Å²) in [6, 6.07) is 5.31. The molecule has 0 aliphatic carbocycles. The molecule has 1 aromatic carbocycles. The van der Waals surface area contributed by atoms with Crippen molar-refractivity contribution in [2.24, 2.45) is 0 Å². The highest BCUT2D eigenvalue weighted by atomic mass is 35.5. The molecule has 6 heteroatoms. The zero-order valence-corrected chi connectivity index (χ0v) is 11.9. The summed E-state index contributed by atoms with van der Waals surface area (Å²) in [5, 5.41) is 7.83. The Bertz CT molecular complexity index is 448. The van der Waals surface area contributed by atoms with Crippen molar-refractivity contribution in [3.8, 4) is 0 Å². The van der Waals surface area contributed by atoms with Gasteiger partial charge in [0.05, 0.1) is 18.1 Å². The molecule has 0 spiro atoms. The Hall–Kier alpha value is -1.23. The highest BCUT2D eigenvalue weighted by Gasteiger charge is 2.36. The van der Waals surface area contributed by atoms with E-state index in [9.17, 15) is 13.2 Å². The van der Waals surface area contributed by atoms with Crippen LogP contribution in [0.2, 0.25) is 0 Å². The fourth-order valence-corrected chi connectivity index (χ4v) is 2.18. The lowest BCUT2D eigenvalue weighted by molar-refractivity contribution is -0.138. The van der Waals surface area contributed by atoms with Crippen LogP contribution in [0.4, 0.5) is 13.2 Å². The number of hydrogen-bond acceptors (Lipinski definition) is 2. The fourth-order valence-electron chi connectivity index (χ4n) is 2.02. The van der Waals surface area contributed by atoms with E-state index in [1.165, 1.54) is 18.2 Å². The van der Waals surface area contributed by atoms with Gasteiger partial charge in [0.1, 0.15) is 0 Å². The molecule has 0 heterocycles. The smallest absolute Gasteiger partial charge is 0.416 e. The highest BCUT2D eigenvalue weighted by Crippen LogP contribution is 2.37. The summed E-state index contributed by atoms with van der Waals surface area (Å²) in [6.45, 7) is 1.95. The minimum Gasteiger partial charge on any atom is -0.481 e. The van der Waals surface area contributed by atoms with Gasteiger partial charge in [-0.2, -0.15) is 13.2 Å². The lowest BCUT2D eigenvalue weighted by Crippen LogP contribution is -2.20. The van der Waals surface area contributed by atoms with E-state index in [2.05, 4.69) is 0 Å². The topological polar surface area (TPSA) is 33.1 Å². The molecule has 0 unspecified atom stereocenters. The van der Waals surface area contributed by atoms with Gasteiger partial charge in [0.15, 0.2) is 5.90 Å². The first kappa shape index (κ1) is 16.8. The van der Waals surface area contributed by atoms with Gasteiger partial charge in [0.25, 0.3) is 0 Å². The first-order valence-corrected chi connectivity index (χ1v) is 6.88. The molecule has 0 aliphatic rings. The van der Waals surface area contributed by atoms with E-state index < -0.39 is 17.7 Å². The Morgan fingerprint density at radius 1 is 1.35 bits per heavy atom. The van der Waals surface area contributed by atoms with E-state index in [1.807, 2.05) is 0 Å². The number of rotatable bonds is 6. The minimum absolute atomic E-state index is 0.0727. The summed E-state index contributed by atoms with van der Waals surface area (Å²) in [6.07, 6.45) is -3.56. The molecule has 20 heavy (non-hydrogen) atoms. The van der Waals surface area contributed by atoms with Gasteiger partial charge >= 0.3 is 6.18 Å². The Kier molecular flexibility index (Phi) is 6.33. The molecule has 0 saturated carbocycles. The largest absolute Gasteiger partial charge is 0.481 e. The van der Waals surface area contributed by atoms with Gasteiger partial charge in [-0.1, -0.05) is 18.2 Å². The van der Waals surface area contributed by atoms with E-state index in [-0.39, 0.29) is 18.1 Å². The number of nitrogens with one attached hydrogen (secondary N) is 1. The van der Waals surface area contributed by atoms with E-state index >= 15 is 0 Å². The van der Waals surface area contributed by atoms with Gasteiger partial charge in [-0.3, -0.25) is 5.41 Å². The number of alkyl halides is 4. The summed E-state index contributed by atoms with van der Waals surface area (Å²) < 4.78 is 44.2. The van der Waals surface area contributed by atoms with Crippen LogP contribution in [0, 0.1) is 5.41 Å². The van der Waals surface area contributed by atoms with Crippen molar-refractivity contribution in [3.63, 3.8) is 0 Å². The quantitative estimate of drug-likeness (QED) is 0.456. The third kappa shape index (κ3) is 4.40. The van der Waals surface area contributed by atoms with Crippen molar-refractivity contribution in [1.82, 2.24) is 0 Å². The number of benzene rings is 1. The molecular weight excluding hydrogens is 291 g/mol. The molecule has 0 saturated heterocycles. The molecule has 0 amide bonds. The van der Waals surface area contributed by atoms with Crippen LogP contribution in [-0.2, 0) is 10.9 Å². The second kappa shape index (κ2) is 7.53. The number of hydrogen-bond donors (Lipinski definition) is 1. The molecule has 0 radical (unpaired) electrons. The zero-order valence-electron chi connectivity index (χ0n) is 11.1. The van der Waals surface area contributed by atoms with Crippen LogP contribution < -0.4 is 0 Å². The van der Waals surface area contributed by atoms with Crippen molar-refractivity contribution >= 4 is 17.5 Å². The summed E-state index contributed by atoms with van der Waals surface area (Å²) in [5.41, 5.74) is -0.646. The minimum atomic E-state index is -4.44. The summed E-state index contributed by atoms with van der Waals surface area (Å²) in [4.78, 5) is 0. The van der Waals surface area contributed by atoms with Crippen LogP contribution in [0.5, 0.6) is 0 Å². The van der Waals surface area contributed by atoms with Gasteiger partial charge in [0, 0.05) is 5.88 Å². The van der Waals surface area contributed by atoms with Gasteiger partial charge in [-0.15, -0.1) is 11.6 Å². The predicted octanol–water partition coefficient (Wildman–Crippen LogP) is 4.82. The van der Waals surface area contributed by atoms with Crippen LogP contribution in [0.15, 0.2) is 24.3 Å². The molecule has 0 aromatic heterocycles. The Morgan fingerprint density at radius 2 is 2.00 bits per heavy atom. The first-order valence-electron chi connectivity index (χ1n) is 6.35. The van der Waals surface area contributed by atoms with E-state index in [1.54, 1.807) is 6.92 Å². The maximum atomic E-state index is 13.0. The second-order valence-electron chi connectivity index (χ2n) is 4.27. The van der Waals surface area contributed by atoms with Gasteiger partial charge < -0.3 is 4.74 Å². The fraction of sp³-hybridized carbons (Fsp3) is 0.500. The molecule has 0 bridgehead atoms. The lowest BCUT2D eigenvalue weighted by atomic mass is 9.90. The summed E-state index contributed by atoms with van der Waals surface area (Å²) in [7, 11) is 0. The van der Waals surface area contributed by atoms with Crippen LogP contribution in [0.25, 0.3) is 0 Å². The van der Waals surface area contributed by atoms with Crippen LogP contribution in [0.1, 0.15) is 36.8 Å². The normalized spacial score (nSPS) is 13.1. The highest BCUT2D eigenvalue weighted by molar-refractivity contribution is 6.17. The molecule has 1 rings (SSSR count). The monoisotopic (exact) mass is 307 g/mol. The SMILES string of the molecule is CCOC(=N)[C@@H](CCCCl)c1ccccc1C(F)(F)F. The first-order chi connectivity index (χ1) is 9.41. The van der Waals surface area contributed by atoms with E-state index in [0.29, 0.717) is 18.7 Å². The zero-order chi connectivity index (χ0) is 15.2.